The largest absolute Gasteiger partial charge is 0.399 e. The van der Waals surface area contributed by atoms with E-state index in [0.29, 0.717) is 0 Å². The number of nitrogen functional groups attached to an aromatic ring is 1. The van der Waals surface area contributed by atoms with Gasteiger partial charge < -0.3 is 5.73 Å². The molecule has 0 saturated carbocycles. The molecule has 0 amide bonds. The van der Waals surface area contributed by atoms with Crippen molar-refractivity contribution in [1.29, 1.82) is 0 Å². The van der Waals surface area contributed by atoms with E-state index in [0.717, 1.165) is 5.69 Å². The van der Waals surface area contributed by atoms with Crippen LogP contribution in [0.3, 0.4) is 0 Å². The zero-order valence-corrected chi connectivity index (χ0v) is 9.56. The van der Waals surface area contributed by atoms with Gasteiger partial charge in [-0.1, -0.05) is 19.8 Å². The average Bonchev–Trinajstić information content (AvgIpc) is 2.09. The highest BCUT2D eigenvalue weighted by Gasteiger charge is 2.03. The molecule has 0 saturated heterocycles. The summed E-state index contributed by atoms with van der Waals surface area (Å²) in [7, 11) is 0. The monoisotopic (exact) mass is 191 g/mol. The molecule has 0 atom stereocenters. The number of nitrogens with two attached hydrogens (primary N) is 1. The summed E-state index contributed by atoms with van der Waals surface area (Å²) in [6.07, 6.45) is 5.10. The lowest BCUT2D eigenvalue weighted by Gasteiger charge is -2.10. The van der Waals surface area contributed by atoms with Crippen LogP contribution >= 0.6 is 0 Å². The molecule has 0 fully saturated rings. The van der Waals surface area contributed by atoms with Gasteiger partial charge in [0.05, 0.1) is 0 Å². The maximum atomic E-state index is 5.78. The molecule has 0 aliphatic carbocycles. The molecule has 0 spiro atoms. The second-order valence-corrected chi connectivity index (χ2v) is 4.09. The predicted octanol–water partition coefficient (Wildman–Crippen LogP) is 3.62. The van der Waals surface area contributed by atoms with Crippen molar-refractivity contribution in [1.82, 2.24) is 0 Å². The zero-order valence-electron chi connectivity index (χ0n) is 9.56. The number of hydrogen-bond donors (Lipinski definition) is 1. The van der Waals surface area contributed by atoms with E-state index in [2.05, 4.69) is 32.9 Å². The third-order valence-electron chi connectivity index (χ3n) is 2.75. The highest BCUT2D eigenvalue weighted by atomic mass is 14.5. The minimum absolute atomic E-state index is 0.888. The average molecular weight is 191 g/mol. The van der Waals surface area contributed by atoms with Gasteiger partial charge in [0.2, 0.25) is 0 Å². The topological polar surface area (TPSA) is 26.0 Å². The van der Waals surface area contributed by atoms with Gasteiger partial charge in [0, 0.05) is 5.69 Å². The Kier molecular flexibility index (Phi) is 3.99. The van der Waals surface area contributed by atoms with Crippen LogP contribution in [0.1, 0.15) is 42.9 Å². The maximum Gasteiger partial charge on any atom is 0.0319 e. The summed E-state index contributed by atoms with van der Waals surface area (Å²) in [5.41, 5.74) is 10.9. The molecule has 0 unspecified atom stereocenters. The number of unbranched alkanes of at least 4 members (excludes halogenated alkanes) is 2. The van der Waals surface area contributed by atoms with Crippen LogP contribution in [-0.2, 0) is 6.42 Å². The Morgan fingerprint density at radius 2 is 1.64 bits per heavy atom. The van der Waals surface area contributed by atoms with E-state index < -0.39 is 0 Å². The fraction of sp³-hybridized carbons (Fsp3) is 0.538. The van der Waals surface area contributed by atoms with Gasteiger partial charge in [-0.25, -0.2) is 0 Å². The minimum Gasteiger partial charge on any atom is -0.399 e. The summed E-state index contributed by atoms with van der Waals surface area (Å²) in [6.45, 7) is 6.55. The van der Waals surface area contributed by atoms with E-state index in [9.17, 15) is 0 Å². The van der Waals surface area contributed by atoms with E-state index in [1.54, 1.807) is 0 Å². The quantitative estimate of drug-likeness (QED) is 0.571. The van der Waals surface area contributed by atoms with Crippen LogP contribution in [0.2, 0.25) is 0 Å². The lowest BCUT2D eigenvalue weighted by molar-refractivity contribution is 0.713. The van der Waals surface area contributed by atoms with Gasteiger partial charge in [-0.2, -0.15) is 0 Å². The molecule has 0 aliphatic rings. The van der Waals surface area contributed by atoms with Crippen molar-refractivity contribution in [2.24, 2.45) is 0 Å². The van der Waals surface area contributed by atoms with Crippen LogP contribution in [0.5, 0.6) is 0 Å². The van der Waals surface area contributed by atoms with Crippen LogP contribution in [-0.4, -0.2) is 0 Å². The molecule has 0 aromatic heterocycles. The van der Waals surface area contributed by atoms with E-state index in [4.69, 9.17) is 5.73 Å². The van der Waals surface area contributed by atoms with E-state index in [1.165, 1.54) is 42.4 Å². The molecule has 1 heteroatoms. The van der Waals surface area contributed by atoms with Gasteiger partial charge in [-0.3, -0.25) is 0 Å². The molecule has 14 heavy (non-hydrogen) atoms. The van der Waals surface area contributed by atoms with Crippen LogP contribution in [0.25, 0.3) is 0 Å². The molecule has 0 aliphatic heterocycles. The molecule has 78 valence electrons. The number of anilines is 1. The fourth-order valence-electron chi connectivity index (χ4n) is 1.97. The van der Waals surface area contributed by atoms with Crippen molar-refractivity contribution in [3.05, 3.63) is 28.8 Å². The normalized spacial score (nSPS) is 10.5. The lowest BCUT2D eigenvalue weighted by atomic mass is 9.97. The van der Waals surface area contributed by atoms with E-state index >= 15 is 0 Å². The minimum atomic E-state index is 0.888. The third-order valence-corrected chi connectivity index (χ3v) is 2.75. The van der Waals surface area contributed by atoms with Crippen LogP contribution in [0.15, 0.2) is 12.1 Å². The highest BCUT2D eigenvalue weighted by Crippen LogP contribution is 2.20. The Morgan fingerprint density at radius 3 is 2.14 bits per heavy atom. The van der Waals surface area contributed by atoms with E-state index in [1.807, 2.05) is 0 Å². The first-order valence-corrected chi connectivity index (χ1v) is 5.50. The maximum absolute atomic E-state index is 5.78. The zero-order chi connectivity index (χ0) is 10.6. The highest BCUT2D eigenvalue weighted by molar-refractivity contribution is 5.48. The molecule has 1 aromatic carbocycles. The van der Waals surface area contributed by atoms with Gasteiger partial charge in [0.1, 0.15) is 0 Å². The molecule has 1 nitrogen and oxygen atoms in total. The Balaban J connectivity index is 2.75. The summed E-state index contributed by atoms with van der Waals surface area (Å²) >= 11 is 0. The molecule has 1 rings (SSSR count). The smallest absolute Gasteiger partial charge is 0.0319 e. The van der Waals surface area contributed by atoms with Crippen LogP contribution in [0.4, 0.5) is 5.69 Å². The van der Waals surface area contributed by atoms with Crippen LogP contribution in [0, 0.1) is 13.8 Å². The number of rotatable bonds is 4. The summed E-state index contributed by atoms with van der Waals surface area (Å²) in [5.74, 6) is 0. The molecule has 2 N–H and O–H groups in total. The summed E-state index contributed by atoms with van der Waals surface area (Å²) < 4.78 is 0. The first kappa shape index (κ1) is 11.1. The molecule has 1 aromatic rings. The Labute approximate surface area is 87.3 Å². The Bertz CT molecular complexity index is 279. The fourth-order valence-corrected chi connectivity index (χ4v) is 1.97. The second-order valence-electron chi connectivity index (χ2n) is 4.09. The van der Waals surface area contributed by atoms with Crippen molar-refractivity contribution < 1.29 is 0 Å². The molecule has 0 heterocycles. The van der Waals surface area contributed by atoms with Gasteiger partial charge in [-0.05, 0) is 55.5 Å². The third kappa shape index (κ3) is 2.76. The Morgan fingerprint density at radius 1 is 1.07 bits per heavy atom. The Hall–Kier alpha value is -0.980. The van der Waals surface area contributed by atoms with Crippen molar-refractivity contribution in [2.75, 3.05) is 5.73 Å². The van der Waals surface area contributed by atoms with Crippen molar-refractivity contribution in [3.63, 3.8) is 0 Å². The summed E-state index contributed by atoms with van der Waals surface area (Å²) in [6, 6.07) is 4.16. The van der Waals surface area contributed by atoms with Crippen LogP contribution < -0.4 is 5.73 Å². The van der Waals surface area contributed by atoms with Crippen molar-refractivity contribution >= 4 is 5.69 Å². The number of benzene rings is 1. The second kappa shape index (κ2) is 5.04. The van der Waals surface area contributed by atoms with E-state index in [-0.39, 0.29) is 0 Å². The number of aryl methyl sites for hydroxylation is 2. The van der Waals surface area contributed by atoms with Crippen molar-refractivity contribution in [3.8, 4) is 0 Å². The molecular formula is C13H21N. The van der Waals surface area contributed by atoms with Gasteiger partial charge in [0.15, 0.2) is 0 Å². The molecule has 0 bridgehead atoms. The first-order valence-electron chi connectivity index (χ1n) is 5.50. The number of hydrogen-bond acceptors (Lipinski definition) is 1. The lowest BCUT2D eigenvalue weighted by Crippen LogP contribution is -1.97. The van der Waals surface area contributed by atoms with Crippen molar-refractivity contribution in [2.45, 2.75) is 46.5 Å². The van der Waals surface area contributed by atoms with Gasteiger partial charge in [0.25, 0.3) is 0 Å². The summed E-state index contributed by atoms with van der Waals surface area (Å²) in [5, 5.41) is 0. The van der Waals surface area contributed by atoms with Gasteiger partial charge in [-0.15, -0.1) is 0 Å². The summed E-state index contributed by atoms with van der Waals surface area (Å²) in [4.78, 5) is 0. The molecule has 0 radical (unpaired) electrons. The molecular weight excluding hydrogens is 170 g/mol. The predicted molar refractivity (Wildman–Crippen MR) is 63.6 cm³/mol. The van der Waals surface area contributed by atoms with Gasteiger partial charge >= 0.3 is 0 Å². The SMILES string of the molecule is CCCCCc1c(C)cc(N)cc1C. The first-order chi connectivity index (χ1) is 6.65. The standard InChI is InChI=1S/C13H21N/c1-4-5-6-7-13-10(2)8-12(14)9-11(13)3/h8-9H,4-7,14H2,1-3H3.